The summed E-state index contributed by atoms with van der Waals surface area (Å²) in [6, 6.07) is 29.6. The van der Waals surface area contributed by atoms with Gasteiger partial charge >= 0.3 is 11.9 Å². The summed E-state index contributed by atoms with van der Waals surface area (Å²) in [5, 5.41) is 7.79. The molecular formula is C56H70O4. The van der Waals surface area contributed by atoms with Crippen molar-refractivity contribution in [2.24, 2.45) is 0 Å². The summed E-state index contributed by atoms with van der Waals surface area (Å²) in [5.41, 5.74) is 4.44. The van der Waals surface area contributed by atoms with E-state index in [4.69, 9.17) is 9.47 Å². The number of rotatable bonds is 25. The molecule has 0 spiro atoms. The van der Waals surface area contributed by atoms with Gasteiger partial charge in [0.05, 0.1) is 0 Å². The van der Waals surface area contributed by atoms with Gasteiger partial charge in [-0.1, -0.05) is 225 Å². The second-order valence-electron chi connectivity index (χ2n) is 17.4. The van der Waals surface area contributed by atoms with Crippen LogP contribution in [0.4, 0.5) is 0 Å². The zero-order valence-corrected chi connectivity index (χ0v) is 37.3. The van der Waals surface area contributed by atoms with Crippen LogP contribution in [0.15, 0.2) is 84.9 Å². The maximum absolute atomic E-state index is 13.6. The van der Waals surface area contributed by atoms with E-state index in [1.165, 1.54) is 103 Å². The lowest BCUT2D eigenvalue weighted by atomic mass is 9.84. The Hall–Kier alpha value is -4.70. The van der Waals surface area contributed by atoms with Crippen molar-refractivity contribution in [2.75, 3.05) is 0 Å². The summed E-state index contributed by atoms with van der Waals surface area (Å²) in [6.07, 6.45) is 25.3. The Balaban J connectivity index is 1.28. The quantitative estimate of drug-likeness (QED) is 0.0250. The van der Waals surface area contributed by atoms with E-state index in [1.54, 1.807) is 0 Å². The van der Waals surface area contributed by atoms with E-state index in [0.717, 1.165) is 91.0 Å². The van der Waals surface area contributed by atoms with E-state index in [-0.39, 0.29) is 11.9 Å². The molecule has 0 bridgehead atoms. The zero-order valence-electron chi connectivity index (χ0n) is 37.3. The van der Waals surface area contributed by atoms with Gasteiger partial charge in [-0.3, -0.25) is 9.59 Å². The predicted octanol–water partition coefficient (Wildman–Crippen LogP) is 17.0. The molecule has 4 nitrogen and oxygen atoms in total. The lowest BCUT2D eigenvalue weighted by molar-refractivity contribution is -0.135. The average molecular weight is 807 g/mol. The Morgan fingerprint density at radius 1 is 0.367 bits per heavy atom. The highest BCUT2D eigenvalue weighted by molar-refractivity contribution is 6.27. The monoisotopic (exact) mass is 807 g/mol. The molecule has 0 aliphatic rings. The molecule has 0 saturated heterocycles. The van der Waals surface area contributed by atoms with E-state index in [0.29, 0.717) is 24.3 Å². The molecule has 0 aliphatic heterocycles. The molecule has 0 atom stereocenters. The normalized spacial score (nSPS) is 11.6. The minimum absolute atomic E-state index is 0.176. The molecule has 318 valence electrons. The molecule has 6 aromatic rings. The van der Waals surface area contributed by atoms with E-state index in [9.17, 15) is 9.59 Å². The molecule has 0 amide bonds. The molecule has 0 N–H and O–H groups in total. The predicted molar refractivity (Wildman–Crippen MR) is 256 cm³/mol. The van der Waals surface area contributed by atoms with Crippen molar-refractivity contribution in [3.63, 3.8) is 0 Å². The van der Waals surface area contributed by atoms with Crippen molar-refractivity contribution < 1.29 is 19.1 Å². The molecule has 0 aliphatic carbocycles. The first-order valence-corrected chi connectivity index (χ1v) is 23.7. The number of benzene rings is 6. The van der Waals surface area contributed by atoms with Crippen LogP contribution in [-0.4, -0.2) is 11.9 Å². The van der Waals surface area contributed by atoms with Gasteiger partial charge in [0, 0.05) is 34.4 Å². The smallest absolute Gasteiger partial charge is 0.311 e. The fraction of sp³-hybridized carbons (Fsp3) is 0.464. The summed E-state index contributed by atoms with van der Waals surface area (Å²) >= 11 is 0. The van der Waals surface area contributed by atoms with Crippen molar-refractivity contribution >= 4 is 55.0 Å². The van der Waals surface area contributed by atoms with Crippen LogP contribution in [0.2, 0.25) is 0 Å². The summed E-state index contributed by atoms with van der Waals surface area (Å²) in [5.74, 6) is 0.905. The molecule has 0 radical (unpaired) electrons. The second kappa shape index (κ2) is 23.3. The molecule has 60 heavy (non-hydrogen) atoms. The number of fused-ring (bicyclic) bond motifs is 4. The van der Waals surface area contributed by atoms with Crippen LogP contribution >= 0.6 is 0 Å². The minimum atomic E-state index is -0.176. The standard InChI is InChI=1S/C56H70O4/c1-5-7-9-11-13-15-17-19-21-23-33-51(57)59-55-45-31-27-25-29-43(45)53(49-39-41(3)35-37-47(49)55)54-44-30-26-28-32-46(44)56(48-38-36-42(4)40-50(48)54)60-52(58)34-24-22-20-18-16-14-12-10-8-6-2/h25-32,35-40H,5-24,33-34H2,1-4H3. The van der Waals surface area contributed by atoms with E-state index < -0.39 is 0 Å². The maximum Gasteiger partial charge on any atom is 0.311 e. The van der Waals surface area contributed by atoms with Crippen molar-refractivity contribution in [1.82, 2.24) is 0 Å². The number of aryl methyl sites for hydroxylation is 2. The summed E-state index contributed by atoms with van der Waals surface area (Å²) in [7, 11) is 0. The Labute approximate surface area is 360 Å². The number of carbonyl (C=O) groups excluding carboxylic acids is 2. The topological polar surface area (TPSA) is 52.6 Å². The van der Waals surface area contributed by atoms with Gasteiger partial charge in [-0.15, -0.1) is 0 Å². The molecule has 4 heteroatoms. The highest BCUT2D eigenvalue weighted by Crippen LogP contribution is 2.50. The van der Waals surface area contributed by atoms with Crippen LogP contribution < -0.4 is 9.47 Å². The molecular weight excluding hydrogens is 737 g/mol. The molecule has 6 aromatic carbocycles. The Morgan fingerprint density at radius 2 is 0.667 bits per heavy atom. The van der Waals surface area contributed by atoms with Crippen molar-refractivity contribution in [3.8, 4) is 22.6 Å². The van der Waals surface area contributed by atoms with Crippen LogP contribution in [-0.2, 0) is 9.59 Å². The highest BCUT2D eigenvalue weighted by atomic mass is 16.5. The summed E-state index contributed by atoms with van der Waals surface area (Å²) in [4.78, 5) is 27.1. The Bertz CT molecular complexity index is 2170. The fourth-order valence-corrected chi connectivity index (χ4v) is 9.11. The summed E-state index contributed by atoms with van der Waals surface area (Å²) < 4.78 is 12.8. The van der Waals surface area contributed by atoms with Crippen molar-refractivity contribution in [3.05, 3.63) is 96.1 Å². The van der Waals surface area contributed by atoms with Gasteiger partial charge in [0.1, 0.15) is 11.5 Å². The first-order chi connectivity index (χ1) is 29.4. The van der Waals surface area contributed by atoms with Crippen molar-refractivity contribution in [2.45, 2.75) is 169 Å². The van der Waals surface area contributed by atoms with E-state index >= 15 is 0 Å². The largest absolute Gasteiger partial charge is 0.425 e. The Kier molecular flexibility index (Phi) is 17.4. The fourth-order valence-electron chi connectivity index (χ4n) is 9.11. The van der Waals surface area contributed by atoms with Crippen LogP contribution in [0.5, 0.6) is 11.5 Å². The second-order valence-corrected chi connectivity index (χ2v) is 17.4. The molecule has 0 saturated carbocycles. The first kappa shape index (κ1) is 44.8. The number of ether oxygens (including phenoxy) is 2. The lowest BCUT2D eigenvalue weighted by Crippen LogP contribution is -2.09. The number of hydrogen-bond donors (Lipinski definition) is 0. The molecule has 0 fully saturated rings. The van der Waals surface area contributed by atoms with Gasteiger partial charge < -0.3 is 9.47 Å². The third-order valence-corrected chi connectivity index (χ3v) is 12.4. The molecule has 0 aromatic heterocycles. The summed E-state index contributed by atoms with van der Waals surface area (Å²) in [6.45, 7) is 8.76. The van der Waals surface area contributed by atoms with E-state index in [2.05, 4.69) is 100 Å². The molecule has 0 unspecified atom stereocenters. The molecule has 6 rings (SSSR count). The Morgan fingerprint density at radius 3 is 1.02 bits per heavy atom. The SMILES string of the molecule is CCCCCCCCCCCCC(=O)Oc1c2ccccc2c(-c2c3ccccc3c(OC(=O)CCCCCCCCCCCC)c3ccc(C)cc23)c2cc(C)ccc12. The first-order valence-electron chi connectivity index (χ1n) is 23.7. The highest BCUT2D eigenvalue weighted by Gasteiger charge is 2.24. The zero-order chi connectivity index (χ0) is 42.1. The number of hydrogen-bond acceptors (Lipinski definition) is 4. The van der Waals surface area contributed by atoms with Gasteiger partial charge in [-0.25, -0.2) is 0 Å². The number of carbonyl (C=O) groups is 2. The van der Waals surface area contributed by atoms with Gasteiger partial charge in [0.2, 0.25) is 0 Å². The van der Waals surface area contributed by atoms with Gasteiger partial charge in [-0.2, -0.15) is 0 Å². The van der Waals surface area contributed by atoms with Gasteiger partial charge in [0.15, 0.2) is 0 Å². The van der Waals surface area contributed by atoms with Gasteiger partial charge in [-0.05, 0) is 59.4 Å². The van der Waals surface area contributed by atoms with Crippen LogP contribution in [0, 0.1) is 13.8 Å². The number of unbranched alkanes of at least 4 members (excludes halogenated alkanes) is 18. The average Bonchev–Trinajstić information content (AvgIpc) is 3.25. The third kappa shape index (κ3) is 11.8. The van der Waals surface area contributed by atoms with Crippen LogP contribution in [0.1, 0.15) is 166 Å². The maximum atomic E-state index is 13.6. The third-order valence-electron chi connectivity index (χ3n) is 12.4. The molecule has 0 heterocycles. The van der Waals surface area contributed by atoms with Crippen LogP contribution in [0.25, 0.3) is 54.2 Å². The minimum Gasteiger partial charge on any atom is -0.425 e. The van der Waals surface area contributed by atoms with Gasteiger partial charge in [0.25, 0.3) is 0 Å². The van der Waals surface area contributed by atoms with E-state index in [1.807, 2.05) is 12.1 Å². The van der Waals surface area contributed by atoms with Crippen LogP contribution in [0.3, 0.4) is 0 Å². The lowest BCUT2D eigenvalue weighted by Gasteiger charge is -2.22. The van der Waals surface area contributed by atoms with Crippen molar-refractivity contribution in [1.29, 1.82) is 0 Å². The number of esters is 2.